The third kappa shape index (κ3) is 3.68. The van der Waals surface area contributed by atoms with Gasteiger partial charge >= 0.3 is 0 Å². The van der Waals surface area contributed by atoms with Gasteiger partial charge in [0.1, 0.15) is 10.7 Å². The largest absolute Gasteiger partial charge is 0.243 e. The Morgan fingerprint density at radius 2 is 2.00 bits per heavy atom. The first-order chi connectivity index (χ1) is 8.90. The lowest BCUT2D eigenvalue weighted by Crippen LogP contribution is -2.42. The van der Waals surface area contributed by atoms with Crippen LogP contribution in [0, 0.1) is 5.82 Å². The van der Waals surface area contributed by atoms with Crippen LogP contribution in [0.5, 0.6) is 0 Å². The fourth-order valence-corrected chi connectivity index (χ4v) is 4.30. The average molecular weight is 371 g/mol. The van der Waals surface area contributed by atoms with Crippen LogP contribution in [-0.2, 0) is 10.0 Å². The van der Waals surface area contributed by atoms with E-state index in [4.69, 9.17) is 11.6 Å². The smallest absolute Gasteiger partial charge is 0.207 e. The predicted molar refractivity (Wildman–Crippen MR) is 76.3 cm³/mol. The summed E-state index contributed by atoms with van der Waals surface area (Å²) in [6.45, 7) is 0. The summed E-state index contributed by atoms with van der Waals surface area (Å²) in [5, 5.41) is -0.234. The van der Waals surface area contributed by atoms with Crippen molar-refractivity contribution in [3.8, 4) is 0 Å². The van der Waals surface area contributed by atoms with E-state index in [0.29, 0.717) is 10.9 Å². The van der Waals surface area contributed by atoms with Crippen LogP contribution < -0.4 is 4.72 Å². The summed E-state index contributed by atoms with van der Waals surface area (Å²) in [5.41, 5.74) is 0. The number of alkyl halides is 1. The Balaban J connectivity index is 2.22. The third-order valence-electron chi connectivity index (χ3n) is 3.17. The standard InChI is InChI=1S/C12H14BrClFNO2S/c13-8-5-6-12(10(15)7-8)19(17,18)16-11-4-2-1-3-9(11)14/h5-7,9,11,16H,1-4H2. The minimum absolute atomic E-state index is 0.234. The molecule has 2 unspecified atom stereocenters. The van der Waals surface area contributed by atoms with Crippen molar-refractivity contribution in [1.29, 1.82) is 0 Å². The molecular formula is C12H14BrClFNO2S. The van der Waals surface area contributed by atoms with E-state index in [0.717, 1.165) is 25.3 Å². The van der Waals surface area contributed by atoms with Gasteiger partial charge in [-0.3, -0.25) is 0 Å². The second kappa shape index (κ2) is 6.08. The van der Waals surface area contributed by atoms with Gasteiger partial charge in [0.15, 0.2) is 0 Å². The van der Waals surface area contributed by atoms with Crippen molar-refractivity contribution in [1.82, 2.24) is 4.72 Å². The van der Waals surface area contributed by atoms with E-state index in [1.807, 2.05) is 0 Å². The van der Waals surface area contributed by atoms with Crippen molar-refractivity contribution in [2.24, 2.45) is 0 Å². The maximum absolute atomic E-state index is 13.7. The van der Waals surface area contributed by atoms with E-state index < -0.39 is 15.8 Å². The first-order valence-electron chi connectivity index (χ1n) is 6.01. The summed E-state index contributed by atoms with van der Waals surface area (Å²) in [6.07, 6.45) is 3.39. The predicted octanol–water partition coefficient (Wildman–Crippen LogP) is 3.42. The second-order valence-corrected chi connectivity index (χ2v) is 7.76. The molecule has 0 spiro atoms. The van der Waals surface area contributed by atoms with Crippen molar-refractivity contribution < 1.29 is 12.8 Å². The van der Waals surface area contributed by atoms with Gasteiger partial charge in [-0.25, -0.2) is 17.5 Å². The normalized spacial score (nSPS) is 24.4. The first kappa shape index (κ1) is 15.2. The van der Waals surface area contributed by atoms with Crippen LogP contribution in [-0.4, -0.2) is 19.8 Å². The van der Waals surface area contributed by atoms with Crippen LogP contribution in [0.15, 0.2) is 27.6 Å². The van der Waals surface area contributed by atoms with E-state index >= 15 is 0 Å². The second-order valence-electron chi connectivity index (χ2n) is 4.60. The fraction of sp³-hybridized carbons (Fsp3) is 0.500. The van der Waals surface area contributed by atoms with Crippen LogP contribution in [0.1, 0.15) is 25.7 Å². The molecule has 0 bridgehead atoms. The van der Waals surface area contributed by atoms with Crippen molar-refractivity contribution >= 4 is 37.6 Å². The highest BCUT2D eigenvalue weighted by molar-refractivity contribution is 9.10. The van der Waals surface area contributed by atoms with Gasteiger partial charge in [-0.1, -0.05) is 28.8 Å². The molecule has 0 saturated heterocycles. The number of hydrogen-bond acceptors (Lipinski definition) is 2. The highest BCUT2D eigenvalue weighted by atomic mass is 79.9. The van der Waals surface area contributed by atoms with Gasteiger partial charge < -0.3 is 0 Å². The lowest BCUT2D eigenvalue weighted by molar-refractivity contribution is 0.417. The van der Waals surface area contributed by atoms with Crippen molar-refractivity contribution in [3.63, 3.8) is 0 Å². The zero-order valence-electron chi connectivity index (χ0n) is 10.1. The summed E-state index contributed by atoms with van der Waals surface area (Å²) in [7, 11) is -3.87. The molecule has 1 aliphatic carbocycles. The molecule has 2 rings (SSSR count). The fourth-order valence-electron chi connectivity index (χ4n) is 2.17. The number of sulfonamides is 1. The van der Waals surface area contributed by atoms with E-state index in [1.54, 1.807) is 0 Å². The summed E-state index contributed by atoms with van der Waals surface area (Å²) in [5.74, 6) is -0.774. The molecule has 1 aromatic carbocycles. The molecule has 0 aromatic heterocycles. The summed E-state index contributed by atoms with van der Waals surface area (Å²) in [6, 6.07) is 3.54. The van der Waals surface area contributed by atoms with Crippen molar-refractivity contribution in [2.75, 3.05) is 0 Å². The minimum atomic E-state index is -3.87. The monoisotopic (exact) mass is 369 g/mol. The Labute approximate surface area is 125 Å². The molecule has 1 N–H and O–H groups in total. The molecule has 1 aromatic rings. The third-order valence-corrected chi connectivity index (χ3v) is 5.71. The van der Waals surface area contributed by atoms with Crippen molar-refractivity contribution in [3.05, 3.63) is 28.5 Å². The van der Waals surface area contributed by atoms with E-state index in [1.165, 1.54) is 12.1 Å². The van der Waals surface area contributed by atoms with E-state index in [2.05, 4.69) is 20.7 Å². The average Bonchev–Trinajstić information content (AvgIpc) is 2.31. The Bertz CT molecular complexity index is 567. The molecule has 1 saturated carbocycles. The van der Waals surface area contributed by atoms with Gasteiger partial charge in [0.25, 0.3) is 0 Å². The summed E-state index contributed by atoms with van der Waals surface area (Å²) < 4.78 is 41.0. The van der Waals surface area contributed by atoms with Gasteiger partial charge in [-0.15, -0.1) is 11.6 Å². The minimum Gasteiger partial charge on any atom is -0.207 e. The Morgan fingerprint density at radius 1 is 1.32 bits per heavy atom. The van der Waals surface area contributed by atoms with Crippen molar-refractivity contribution in [2.45, 2.75) is 42.0 Å². The number of rotatable bonds is 3. The number of hydrogen-bond donors (Lipinski definition) is 1. The number of benzene rings is 1. The highest BCUT2D eigenvalue weighted by Gasteiger charge is 2.29. The van der Waals surface area contributed by atoms with Gasteiger partial charge in [-0.2, -0.15) is 0 Å². The van der Waals surface area contributed by atoms with Gasteiger partial charge in [0, 0.05) is 15.9 Å². The number of halogens is 3. The number of nitrogens with one attached hydrogen (secondary N) is 1. The molecule has 106 valence electrons. The zero-order chi connectivity index (χ0) is 14.0. The maximum atomic E-state index is 13.7. The molecule has 1 aliphatic rings. The van der Waals surface area contributed by atoms with E-state index in [-0.39, 0.29) is 16.3 Å². The maximum Gasteiger partial charge on any atom is 0.243 e. The van der Waals surface area contributed by atoms with Gasteiger partial charge in [0.2, 0.25) is 10.0 Å². The molecule has 0 amide bonds. The van der Waals surface area contributed by atoms with Crippen LogP contribution in [0.3, 0.4) is 0 Å². The van der Waals surface area contributed by atoms with Gasteiger partial charge in [-0.05, 0) is 31.0 Å². The molecule has 0 radical (unpaired) electrons. The van der Waals surface area contributed by atoms with E-state index in [9.17, 15) is 12.8 Å². The van der Waals surface area contributed by atoms with Crippen LogP contribution >= 0.6 is 27.5 Å². The van der Waals surface area contributed by atoms with Crippen LogP contribution in [0.4, 0.5) is 4.39 Å². The zero-order valence-corrected chi connectivity index (χ0v) is 13.2. The summed E-state index contributed by atoms with van der Waals surface area (Å²) >= 11 is 9.21. The SMILES string of the molecule is O=S(=O)(NC1CCCCC1Cl)c1ccc(Br)cc1F. The van der Waals surface area contributed by atoms with Crippen LogP contribution in [0.25, 0.3) is 0 Å². The molecule has 1 fully saturated rings. The quantitative estimate of drug-likeness (QED) is 0.829. The molecular weight excluding hydrogens is 357 g/mol. The lowest BCUT2D eigenvalue weighted by Gasteiger charge is -2.27. The first-order valence-corrected chi connectivity index (χ1v) is 8.73. The topological polar surface area (TPSA) is 46.2 Å². The molecule has 3 nitrogen and oxygen atoms in total. The molecule has 7 heteroatoms. The molecule has 0 aliphatic heterocycles. The Kier molecular flexibility index (Phi) is 4.87. The molecule has 19 heavy (non-hydrogen) atoms. The lowest BCUT2D eigenvalue weighted by atomic mass is 9.96. The van der Waals surface area contributed by atoms with Crippen LogP contribution in [0.2, 0.25) is 0 Å². The Hall–Kier alpha value is -0.170. The molecule has 2 atom stereocenters. The summed E-state index contributed by atoms with van der Waals surface area (Å²) in [4.78, 5) is -0.342. The highest BCUT2D eigenvalue weighted by Crippen LogP contribution is 2.26. The molecule has 0 heterocycles. The van der Waals surface area contributed by atoms with Gasteiger partial charge in [0.05, 0.1) is 0 Å². The Morgan fingerprint density at radius 3 is 2.63 bits per heavy atom.